The zero-order valence-corrected chi connectivity index (χ0v) is 7.79. The lowest BCUT2D eigenvalue weighted by molar-refractivity contribution is -0.142. The van der Waals surface area contributed by atoms with Crippen molar-refractivity contribution >= 4 is 5.97 Å². The number of methoxy groups -OCH3 is 1. The van der Waals surface area contributed by atoms with Crippen molar-refractivity contribution in [1.29, 1.82) is 0 Å². The maximum absolute atomic E-state index is 11.2. The summed E-state index contributed by atoms with van der Waals surface area (Å²) >= 11 is 0. The predicted octanol–water partition coefficient (Wildman–Crippen LogP) is -0.0736. The van der Waals surface area contributed by atoms with Gasteiger partial charge in [0.1, 0.15) is 6.04 Å². The Kier molecular flexibility index (Phi) is 2.51. The van der Waals surface area contributed by atoms with E-state index in [1.54, 1.807) is 0 Å². The molecule has 13 heavy (non-hydrogen) atoms. The van der Waals surface area contributed by atoms with E-state index < -0.39 is 0 Å². The van der Waals surface area contributed by atoms with E-state index >= 15 is 0 Å². The van der Waals surface area contributed by atoms with E-state index in [0.717, 1.165) is 26.1 Å². The summed E-state index contributed by atoms with van der Waals surface area (Å²) in [5.41, 5.74) is 0. The van der Waals surface area contributed by atoms with E-state index in [1.165, 1.54) is 7.11 Å². The molecule has 4 nitrogen and oxygen atoms in total. The van der Waals surface area contributed by atoms with Crippen molar-refractivity contribution in [3.8, 4) is 0 Å². The van der Waals surface area contributed by atoms with Gasteiger partial charge in [-0.2, -0.15) is 0 Å². The van der Waals surface area contributed by atoms with Crippen molar-refractivity contribution in [1.82, 2.24) is 5.32 Å². The van der Waals surface area contributed by atoms with Crippen LogP contribution in [0.4, 0.5) is 0 Å². The molecule has 74 valence electrons. The van der Waals surface area contributed by atoms with Crippen LogP contribution in [0.5, 0.6) is 0 Å². The first-order valence-corrected chi connectivity index (χ1v) is 4.73. The van der Waals surface area contributed by atoms with Gasteiger partial charge >= 0.3 is 5.97 Å². The van der Waals surface area contributed by atoms with Crippen molar-refractivity contribution in [3.63, 3.8) is 0 Å². The molecule has 4 heteroatoms. The van der Waals surface area contributed by atoms with E-state index in [0.29, 0.717) is 12.0 Å². The molecule has 1 N–H and O–H groups in total. The zero-order chi connectivity index (χ0) is 9.26. The Balaban J connectivity index is 1.94. The molecular formula is C9H15NO3. The number of hydrogen-bond donors (Lipinski definition) is 1. The number of carbonyl (C=O) groups excluding carboxylic acids is 1. The van der Waals surface area contributed by atoms with Crippen molar-refractivity contribution in [2.75, 3.05) is 20.3 Å². The molecule has 2 heterocycles. The van der Waals surface area contributed by atoms with Crippen molar-refractivity contribution in [3.05, 3.63) is 0 Å². The van der Waals surface area contributed by atoms with Crippen LogP contribution in [-0.4, -0.2) is 38.4 Å². The van der Waals surface area contributed by atoms with Gasteiger partial charge in [0.05, 0.1) is 13.7 Å². The summed E-state index contributed by atoms with van der Waals surface area (Å²) in [6.45, 7) is 1.59. The summed E-state index contributed by atoms with van der Waals surface area (Å²) in [4.78, 5) is 11.2. The maximum atomic E-state index is 11.2. The van der Waals surface area contributed by atoms with Gasteiger partial charge < -0.3 is 14.8 Å². The van der Waals surface area contributed by atoms with E-state index in [-0.39, 0.29) is 12.0 Å². The Labute approximate surface area is 77.6 Å². The number of carbonyl (C=O) groups is 1. The molecule has 2 aliphatic rings. The normalized spacial score (nSPS) is 38.4. The molecule has 2 rings (SSSR count). The molecule has 2 aliphatic heterocycles. The standard InChI is InChI=1S/C9H15NO3/c1-12-9(11)8-4-6-5-13-3-2-7(6)10-8/h6-8,10H,2-5H2,1H3. The van der Waals surface area contributed by atoms with E-state index in [2.05, 4.69) is 5.32 Å². The third-order valence-electron chi connectivity index (χ3n) is 2.91. The monoisotopic (exact) mass is 185 g/mol. The third-order valence-corrected chi connectivity index (χ3v) is 2.91. The minimum atomic E-state index is -0.144. The molecule has 2 fully saturated rings. The van der Waals surface area contributed by atoms with Gasteiger partial charge in [-0.3, -0.25) is 4.79 Å². The minimum absolute atomic E-state index is 0.110. The van der Waals surface area contributed by atoms with Gasteiger partial charge in [0.15, 0.2) is 0 Å². The highest BCUT2D eigenvalue weighted by molar-refractivity contribution is 5.76. The second kappa shape index (κ2) is 3.64. The summed E-state index contributed by atoms with van der Waals surface area (Å²) in [6.07, 6.45) is 1.87. The molecule has 0 aromatic rings. The Bertz CT molecular complexity index is 193. The van der Waals surface area contributed by atoms with Gasteiger partial charge in [0, 0.05) is 12.6 Å². The maximum Gasteiger partial charge on any atom is 0.322 e. The van der Waals surface area contributed by atoms with Crippen LogP contribution in [0.2, 0.25) is 0 Å². The van der Waals surface area contributed by atoms with Gasteiger partial charge in [0.2, 0.25) is 0 Å². The van der Waals surface area contributed by atoms with Crippen LogP contribution in [0.15, 0.2) is 0 Å². The first-order chi connectivity index (χ1) is 6.31. The lowest BCUT2D eigenvalue weighted by Crippen LogP contribution is -2.39. The molecule has 3 unspecified atom stereocenters. The molecule has 0 aromatic carbocycles. The van der Waals surface area contributed by atoms with Crippen LogP contribution >= 0.6 is 0 Å². The summed E-state index contributed by atoms with van der Waals surface area (Å²) < 4.78 is 10.1. The SMILES string of the molecule is COC(=O)C1CC2COCCC2N1. The number of esters is 1. The third kappa shape index (κ3) is 1.69. The topological polar surface area (TPSA) is 47.6 Å². The van der Waals surface area contributed by atoms with E-state index in [1.807, 2.05) is 0 Å². The number of nitrogens with one attached hydrogen (secondary N) is 1. The van der Waals surface area contributed by atoms with E-state index in [9.17, 15) is 4.79 Å². The lowest BCUT2D eigenvalue weighted by atomic mass is 9.96. The minimum Gasteiger partial charge on any atom is -0.468 e. The van der Waals surface area contributed by atoms with Crippen LogP contribution < -0.4 is 5.32 Å². The molecule has 0 saturated carbocycles. The second-order valence-electron chi connectivity index (χ2n) is 3.71. The fraction of sp³-hybridized carbons (Fsp3) is 0.889. The quantitative estimate of drug-likeness (QED) is 0.581. The summed E-state index contributed by atoms with van der Waals surface area (Å²) in [5, 5.41) is 3.29. The molecule has 0 aliphatic carbocycles. The van der Waals surface area contributed by atoms with Gasteiger partial charge in [-0.05, 0) is 18.8 Å². The Morgan fingerprint density at radius 3 is 3.15 bits per heavy atom. The number of rotatable bonds is 1. The molecule has 0 bridgehead atoms. The van der Waals surface area contributed by atoms with Gasteiger partial charge in [0.25, 0.3) is 0 Å². The zero-order valence-electron chi connectivity index (χ0n) is 7.79. The number of hydrogen-bond acceptors (Lipinski definition) is 4. The van der Waals surface area contributed by atoms with Crippen molar-refractivity contribution < 1.29 is 14.3 Å². The van der Waals surface area contributed by atoms with Crippen LogP contribution in [-0.2, 0) is 14.3 Å². The molecule has 0 amide bonds. The highest BCUT2D eigenvalue weighted by Gasteiger charge is 2.39. The highest BCUT2D eigenvalue weighted by Crippen LogP contribution is 2.26. The van der Waals surface area contributed by atoms with Crippen LogP contribution in [0, 0.1) is 5.92 Å². The second-order valence-corrected chi connectivity index (χ2v) is 3.71. The molecule has 0 spiro atoms. The van der Waals surface area contributed by atoms with Crippen LogP contribution in [0.1, 0.15) is 12.8 Å². The fourth-order valence-electron chi connectivity index (χ4n) is 2.18. The molecule has 2 saturated heterocycles. The highest BCUT2D eigenvalue weighted by atomic mass is 16.5. The summed E-state index contributed by atoms with van der Waals surface area (Å²) in [6, 6.07) is 0.347. The van der Waals surface area contributed by atoms with Crippen molar-refractivity contribution in [2.24, 2.45) is 5.92 Å². The van der Waals surface area contributed by atoms with E-state index in [4.69, 9.17) is 9.47 Å². The first-order valence-electron chi connectivity index (χ1n) is 4.73. The Morgan fingerprint density at radius 2 is 2.46 bits per heavy atom. The number of fused-ring (bicyclic) bond motifs is 1. The lowest BCUT2D eigenvalue weighted by Gasteiger charge is -2.24. The first kappa shape index (κ1) is 8.97. The van der Waals surface area contributed by atoms with Gasteiger partial charge in [-0.1, -0.05) is 0 Å². The van der Waals surface area contributed by atoms with Crippen LogP contribution in [0.3, 0.4) is 0 Å². The number of ether oxygens (including phenoxy) is 2. The average Bonchev–Trinajstić information content (AvgIpc) is 2.59. The van der Waals surface area contributed by atoms with Gasteiger partial charge in [-0.25, -0.2) is 0 Å². The molecule has 0 radical (unpaired) electrons. The van der Waals surface area contributed by atoms with Crippen molar-refractivity contribution in [2.45, 2.75) is 24.9 Å². The van der Waals surface area contributed by atoms with Crippen LogP contribution in [0.25, 0.3) is 0 Å². The summed E-state index contributed by atoms with van der Waals surface area (Å²) in [5.74, 6) is 0.354. The molecular weight excluding hydrogens is 170 g/mol. The Hall–Kier alpha value is -0.610. The smallest absolute Gasteiger partial charge is 0.322 e. The largest absolute Gasteiger partial charge is 0.468 e. The summed E-state index contributed by atoms with van der Waals surface area (Å²) in [7, 11) is 1.43. The molecule has 3 atom stereocenters. The van der Waals surface area contributed by atoms with Gasteiger partial charge in [-0.15, -0.1) is 0 Å². The average molecular weight is 185 g/mol. The predicted molar refractivity (Wildman–Crippen MR) is 46.3 cm³/mol. The molecule has 0 aromatic heterocycles. The Morgan fingerprint density at radius 1 is 1.62 bits per heavy atom. The fourth-order valence-corrected chi connectivity index (χ4v) is 2.18.